The molecule has 9 heteroatoms. The number of hydrogen-bond donors (Lipinski definition) is 2. The summed E-state index contributed by atoms with van der Waals surface area (Å²) < 4.78 is 26.1. The van der Waals surface area contributed by atoms with E-state index in [0.717, 1.165) is 6.92 Å². The molecule has 0 unspecified atom stereocenters. The zero-order valence-corrected chi connectivity index (χ0v) is 13.6. The molecular weight excluding hydrogens is 349 g/mol. The molecule has 1 heterocycles. The van der Waals surface area contributed by atoms with E-state index in [1.165, 1.54) is 24.4 Å². The number of pyridine rings is 1. The lowest BCUT2D eigenvalue weighted by atomic mass is 10.3. The Kier molecular flexibility index (Phi) is 4.90. The van der Waals surface area contributed by atoms with Crippen LogP contribution in [0.5, 0.6) is 0 Å². The summed E-state index contributed by atoms with van der Waals surface area (Å²) in [4.78, 5) is 14.8. The van der Waals surface area contributed by atoms with E-state index in [2.05, 4.69) is 10.3 Å². The second kappa shape index (κ2) is 6.51. The van der Waals surface area contributed by atoms with E-state index >= 15 is 0 Å². The van der Waals surface area contributed by atoms with Gasteiger partial charge in [0, 0.05) is 18.8 Å². The molecule has 0 aliphatic heterocycles. The van der Waals surface area contributed by atoms with Gasteiger partial charge >= 0.3 is 0 Å². The van der Waals surface area contributed by atoms with Crippen LogP contribution >= 0.6 is 23.2 Å². The highest BCUT2D eigenvalue weighted by atomic mass is 35.5. The molecule has 0 saturated carbocycles. The lowest BCUT2D eigenvalue weighted by Crippen LogP contribution is -2.28. The van der Waals surface area contributed by atoms with Gasteiger partial charge in [0.25, 0.3) is 10.0 Å². The van der Waals surface area contributed by atoms with Crippen molar-refractivity contribution in [3.8, 4) is 0 Å². The van der Waals surface area contributed by atoms with Gasteiger partial charge in [-0.3, -0.25) is 4.79 Å². The maximum Gasteiger partial charge on any atom is 0.267 e. The van der Waals surface area contributed by atoms with Crippen molar-refractivity contribution < 1.29 is 13.2 Å². The minimum atomic E-state index is -4.01. The van der Waals surface area contributed by atoms with Crippen molar-refractivity contribution in [2.45, 2.75) is 11.8 Å². The van der Waals surface area contributed by atoms with Gasteiger partial charge in [-0.25, -0.2) is 18.1 Å². The first kappa shape index (κ1) is 16.5. The van der Waals surface area contributed by atoms with Crippen LogP contribution in [0.3, 0.4) is 0 Å². The predicted molar refractivity (Wildman–Crippen MR) is 85.0 cm³/mol. The van der Waals surface area contributed by atoms with Crippen molar-refractivity contribution in [3.05, 3.63) is 46.6 Å². The Morgan fingerprint density at radius 1 is 1.18 bits per heavy atom. The molecule has 0 fully saturated rings. The molecule has 116 valence electrons. The van der Waals surface area contributed by atoms with Crippen molar-refractivity contribution in [3.63, 3.8) is 0 Å². The fraction of sp³-hybridized carbons (Fsp3) is 0.0769. The SMILES string of the molecule is CC(=O)NS(=O)(=O)c1cccnc1Nc1ccc(Cl)c(Cl)c1. The van der Waals surface area contributed by atoms with Gasteiger partial charge in [-0.2, -0.15) is 0 Å². The molecule has 22 heavy (non-hydrogen) atoms. The first-order chi connectivity index (χ1) is 10.3. The molecule has 2 aromatic rings. The van der Waals surface area contributed by atoms with E-state index < -0.39 is 15.9 Å². The molecule has 0 aliphatic carbocycles. The average Bonchev–Trinajstić information content (AvgIpc) is 2.42. The summed E-state index contributed by atoms with van der Waals surface area (Å²) in [6.45, 7) is 1.11. The molecule has 0 spiro atoms. The van der Waals surface area contributed by atoms with Crippen molar-refractivity contribution in [1.29, 1.82) is 0 Å². The minimum absolute atomic E-state index is 0.0645. The number of halogens is 2. The van der Waals surface area contributed by atoms with Crippen LogP contribution in [0.4, 0.5) is 11.5 Å². The van der Waals surface area contributed by atoms with Crippen LogP contribution in [-0.2, 0) is 14.8 Å². The molecule has 0 radical (unpaired) electrons. The van der Waals surface area contributed by atoms with Gasteiger partial charge < -0.3 is 5.32 Å². The molecule has 0 atom stereocenters. The molecule has 1 amide bonds. The second-order valence-corrected chi connectivity index (χ2v) is 6.73. The van der Waals surface area contributed by atoms with Crippen LogP contribution in [0.2, 0.25) is 10.0 Å². The zero-order valence-electron chi connectivity index (χ0n) is 11.3. The summed E-state index contributed by atoms with van der Waals surface area (Å²) in [5, 5.41) is 3.52. The average molecular weight is 360 g/mol. The van der Waals surface area contributed by atoms with E-state index in [1.807, 2.05) is 4.72 Å². The van der Waals surface area contributed by atoms with Crippen LogP contribution in [0.1, 0.15) is 6.92 Å². The number of nitrogens with one attached hydrogen (secondary N) is 2. The van der Waals surface area contributed by atoms with Gasteiger partial charge in [-0.15, -0.1) is 0 Å². The van der Waals surface area contributed by atoms with E-state index in [1.54, 1.807) is 12.1 Å². The van der Waals surface area contributed by atoms with Gasteiger partial charge in [-0.1, -0.05) is 23.2 Å². The number of rotatable bonds is 4. The molecular formula is C13H11Cl2N3O3S. The fourth-order valence-corrected chi connectivity index (χ4v) is 3.06. The Morgan fingerprint density at radius 3 is 2.55 bits per heavy atom. The van der Waals surface area contributed by atoms with Crippen molar-refractivity contribution in [1.82, 2.24) is 9.71 Å². The Morgan fingerprint density at radius 2 is 1.91 bits per heavy atom. The Hall–Kier alpha value is -1.83. The highest BCUT2D eigenvalue weighted by Crippen LogP contribution is 2.28. The van der Waals surface area contributed by atoms with Crippen molar-refractivity contribution in [2.75, 3.05) is 5.32 Å². The first-order valence-electron chi connectivity index (χ1n) is 6.00. The maximum absolute atomic E-state index is 12.1. The summed E-state index contributed by atoms with van der Waals surface area (Å²) in [6.07, 6.45) is 1.42. The summed E-state index contributed by atoms with van der Waals surface area (Å²) in [5.74, 6) is -0.626. The van der Waals surface area contributed by atoms with E-state index in [-0.39, 0.29) is 10.7 Å². The molecule has 0 aliphatic rings. The maximum atomic E-state index is 12.1. The number of amides is 1. The van der Waals surface area contributed by atoms with Gasteiger partial charge in [-0.05, 0) is 30.3 Å². The molecule has 6 nitrogen and oxygen atoms in total. The molecule has 2 N–H and O–H groups in total. The van der Waals surface area contributed by atoms with Crippen LogP contribution in [0.15, 0.2) is 41.4 Å². The van der Waals surface area contributed by atoms with Gasteiger partial charge in [0.05, 0.1) is 10.0 Å². The monoisotopic (exact) mass is 359 g/mol. The van der Waals surface area contributed by atoms with Crippen molar-refractivity contribution in [2.24, 2.45) is 0 Å². The lowest BCUT2D eigenvalue weighted by molar-refractivity contribution is -0.117. The minimum Gasteiger partial charge on any atom is -0.339 e. The van der Waals surface area contributed by atoms with Crippen LogP contribution < -0.4 is 10.0 Å². The lowest BCUT2D eigenvalue weighted by Gasteiger charge is -2.12. The Labute approximate surface area is 137 Å². The molecule has 2 rings (SSSR count). The molecule has 1 aromatic carbocycles. The normalized spacial score (nSPS) is 11.0. The summed E-state index contributed by atoms with van der Waals surface area (Å²) in [5.41, 5.74) is 0.507. The third kappa shape index (κ3) is 3.88. The predicted octanol–water partition coefficient (Wildman–Crippen LogP) is 2.96. The van der Waals surface area contributed by atoms with Gasteiger partial charge in [0.2, 0.25) is 5.91 Å². The first-order valence-corrected chi connectivity index (χ1v) is 8.24. The third-order valence-electron chi connectivity index (χ3n) is 2.52. The van der Waals surface area contributed by atoms with Crippen LogP contribution in [0, 0.1) is 0 Å². The number of aromatic nitrogens is 1. The van der Waals surface area contributed by atoms with Crippen LogP contribution in [-0.4, -0.2) is 19.3 Å². The van der Waals surface area contributed by atoms with Gasteiger partial charge in [0.15, 0.2) is 5.82 Å². The number of nitrogens with zero attached hydrogens (tertiary/aromatic N) is 1. The van der Waals surface area contributed by atoms with Gasteiger partial charge in [0.1, 0.15) is 4.90 Å². The zero-order chi connectivity index (χ0) is 16.3. The highest BCUT2D eigenvalue weighted by molar-refractivity contribution is 7.90. The molecule has 0 saturated heterocycles. The number of benzene rings is 1. The fourth-order valence-electron chi connectivity index (χ4n) is 1.66. The number of carbonyl (C=O) groups excluding carboxylic acids is 1. The van der Waals surface area contributed by atoms with E-state index in [0.29, 0.717) is 15.7 Å². The standard InChI is InChI=1S/C13H11Cl2N3O3S/c1-8(19)18-22(20,21)12-3-2-6-16-13(12)17-9-4-5-10(14)11(15)7-9/h2-7H,1H3,(H,16,17)(H,18,19). The summed E-state index contributed by atoms with van der Waals surface area (Å²) in [6, 6.07) is 7.51. The number of carbonyl (C=O) groups is 1. The molecule has 1 aromatic heterocycles. The molecule has 0 bridgehead atoms. The van der Waals surface area contributed by atoms with E-state index in [9.17, 15) is 13.2 Å². The Bertz CT molecular complexity index is 825. The van der Waals surface area contributed by atoms with E-state index in [4.69, 9.17) is 23.2 Å². The quantitative estimate of drug-likeness (QED) is 0.875. The van der Waals surface area contributed by atoms with Crippen molar-refractivity contribution >= 4 is 50.6 Å². The number of hydrogen-bond acceptors (Lipinski definition) is 5. The summed E-state index contributed by atoms with van der Waals surface area (Å²) in [7, 11) is -4.01. The number of anilines is 2. The smallest absolute Gasteiger partial charge is 0.267 e. The number of sulfonamides is 1. The Balaban J connectivity index is 2.40. The second-order valence-electron chi connectivity index (χ2n) is 4.27. The third-order valence-corrected chi connectivity index (χ3v) is 4.72. The van der Waals surface area contributed by atoms with Crippen LogP contribution in [0.25, 0.3) is 0 Å². The largest absolute Gasteiger partial charge is 0.339 e. The topological polar surface area (TPSA) is 88.2 Å². The highest BCUT2D eigenvalue weighted by Gasteiger charge is 2.20. The summed E-state index contributed by atoms with van der Waals surface area (Å²) >= 11 is 11.7.